The quantitative estimate of drug-likeness (QED) is 0.473. The summed E-state index contributed by atoms with van der Waals surface area (Å²) < 4.78 is 16.0. The Morgan fingerprint density at radius 1 is 1.06 bits per heavy atom. The van der Waals surface area contributed by atoms with E-state index >= 15 is 0 Å². The molecule has 0 saturated carbocycles. The average Bonchev–Trinajstić information content (AvgIpc) is 3.30. The van der Waals surface area contributed by atoms with Crippen LogP contribution < -0.4 is 10.2 Å². The van der Waals surface area contributed by atoms with Gasteiger partial charge in [0.1, 0.15) is 11.9 Å². The van der Waals surface area contributed by atoms with Crippen molar-refractivity contribution < 1.29 is 14.0 Å². The Kier molecular flexibility index (Phi) is 5.38. The number of amides is 2. The van der Waals surface area contributed by atoms with Gasteiger partial charge in [0, 0.05) is 6.54 Å². The highest BCUT2D eigenvalue weighted by Gasteiger charge is 2.40. The Balaban J connectivity index is 1.42. The number of nitrogens with one attached hydrogen (secondary N) is 1. The maximum atomic E-state index is 14.2. The first-order valence-electron chi connectivity index (χ1n) is 10.9. The van der Waals surface area contributed by atoms with E-state index in [-0.39, 0.29) is 18.0 Å². The predicted molar refractivity (Wildman–Crippen MR) is 126 cm³/mol. The lowest BCUT2D eigenvalue weighted by atomic mass is 10.1. The van der Waals surface area contributed by atoms with E-state index in [1.807, 2.05) is 59.2 Å². The number of anilines is 2. The summed E-state index contributed by atoms with van der Waals surface area (Å²) in [5, 5.41) is 2.61. The van der Waals surface area contributed by atoms with E-state index in [1.165, 1.54) is 12.1 Å². The second-order valence-corrected chi connectivity index (χ2v) is 8.25. The molecule has 1 aromatic heterocycles. The van der Waals surface area contributed by atoms with Crippen LogP contribution in [0.2, 0.25) is 0 Å². The smallest absolute Gasteiger partial charge is 0.253 e. The summed E-state index contributed by atoms with van der Waals surface area (Å²) in [6.45, 7) is 2.23. The van der Waals surface area contributed by atoms with Crippen molar-refractivity contribution in [2.75, 3.05) is 16.8 Å². The molecule has 0 aliphatic carbocycles. The van der Waals surface area contributed by atoms with E-state index in [1.54, 1.807) is 17.9 Å². The standard InChI is InChI=1S/C26H23FN4O2/c1-17-11-12-20(19(27)15-17)28-24(32)16-23-25(33)30(14-13-18-7-3-2-4-8-18)26-29-21-9-5-6-10-22(21)31(23)26/h2-12,15,23H,13-14,16H2,1H3,(H,28,32)/t23-/m1/s1. The van der Waals surface area contributed by atoms with Gasteiger partial charge in [0.15, 0.2) is 0 Å². The predicted octanol–water partition coefficient (Wildman–Crippen LogP) is 4.64. The number of benzene rings is 3. The van der Waals surface area contributed by atoms with Crippen molar-refractivity contribution >= 4 is 34.5 Å². The molecular formula is C26H23FN4O2. The minimum absolute atomic E-state index is 0.104. The molecule has 0 bridgehead atoms. The molecule has 33 heavy (non-hydrogen) atoms. The van der Waals surface area contributed by atoms with Crippen molar-refractivity contribution in [1.82, 2.24) is 9.55 Å². The van der Waals surface area contributed by atoms with Gasteiger partial charge in [-0.05, 0) is 48.7 Å². The molecule has 0 radical (unpaired) electrons. The first-order valence-corrected chi connectivity index (χ1v) is 10.9. The molecule has 2 heterocycles. The van der Waals surface area contributed by atoms with Gasteiger partial charge < -0.3 is 5.32 Å². The van der Waals surface area contributed by atoms with Gasteiger partial charge in [-0.25, -0.2) is 9.37 Å². The fourth-order valence-electron chi connectivity index (χ4n) is 4.29. The third-order valence-electron chi connectivity index (χ3n) is 5.93. The number of nitrogens with zero attached hydrogens (tertiary/aromatic N) is 3. The second kappa shape index (κ2) is 8.50. The molecule has 1 aliphatic rings. The topological polar surface area (TPSA) is 67.2 Å². The van der Waals surface area contributed by atoms with Crippen LogP contribution in [0.5, 0.6) is 0 Å². The number of para-hydroxylation sites is 2. The van der Waals surface area contributed by atoms with Crippen LogP contribution in [-0.4, -0.2) is 27.9 Å². The Labute approximate surface area is 190 Å². The zero-order valence-electron chi connectivity index (χ0n) is 18.2. The molecule has 0 fully saturated rings. The highest BCUT2D eigenvalue weighted by molar-refractivity contribution is 6.05. The number of aryl methyl sites for hydroxylation is 1. The summed E-state index contributed by atoms with van der Waals surface area (Å²) in [6, 6.07) is 21.4. The fourth-order valence-corrected chi connectivity index (χ4v) is 4.29. The van der Waals surface area contributed by atoms with Crippen LogP contribution in [0.4, 0.5) is 16.0 Å². The summed E-state index contributed by atoms with van der Waals surface area (Å²) in [7, 11) is 0. The highest BCUT2D eigenvalue weighted by atomic mass is 19.1. The van der Waals surface area contributed by atoms with Crippen molar-refractivity contribution in [2.24, 2.45) is 0 Å². The van der Waals surface area contributed by atoms with Crippen LogP contribution in [0.15, 0.2) is 72.8 Å². The van der Waals surface area contributed by atoms with Crippen LogP contribution in [0.3, 0.4) is 0 Å². The molecule has 1 atom stereocenters. The Morgan fingerprint density at radius 2 is 1.82 bits per heavy atom. The minimum Gasteiger partial charge on any atom is -0.324 e. The Hall–Kier alpha value is -4.00. The summed E-state index contributed by atoms with van der Waals surface area (Å²) in [6.07, 6.45) is 0.560. The molecule has 0 spiro atoms. The number of hydrogen-bond acceptors (Lipinski definition) is 3. The van der Waals surface area contributed by atoms with E-state index in [0.29, 0.717) is 18.9 Å². The van der Waals surface area contributed by atoms with Crippen molar-refractivity contribution in [1.29, 1.82) is 0 Å². The van der Waals surface area contributed by atoms with Gasteiger partial charge in [0.05, 0.1) is 23.1 Å². The van der Waals surface area contributed by atoms with Crippen LogP contribution in [0.25, 0.3) is 11.0 Å². The highest BCUT2D eigenvalue weighted by Crippen LogP contribution is 2.36. The molecular weight excluding hydrogens is 419 g/mol. The molecule has 1 N–H and O–H groups in total. The molecule has 1 aliphatic heterocycles. The molecule has 5 rings (SSSR count). The van der Waals surface area contributed by atoms with Crippen molar-refractivity contribution in [3.63, 3.8) is 0 Å². The maximum absolute atomic E-state index is 14.2. The molecule has 0 unspecified atom stereocenters. The lowest BCUT2D eigenvalue weighted by Gasteiger charge is -2.16. The zero-order chi connectivity index (χ0) is 22.9. The normalized spacial score (nSPS) is 15.2. The maximum Gasteiger partial charge on any atom is 0.253 e. The number of rotatable bonds is 6. The number of carbonyl (C=O) groups excluding carboxylic acids is 2. The first kappa shape index (κ1) is 20.9. The largest absolute Gasteiger partial charge is 0.324 e. The zero-order valence-corrected chi connectivity index (χ0v) is 18.2. The Bertz CT molecular complexity index is 1350. The van der Waals surface area contributed by atoms with Crippen molar-refractivity contribution in [2.45, 2.75) is 25.8 Å². The van der Waals surface area contributed by atoms with E-state index < -0.39 is 17.8 Å². The van der Waals surface area contributed by atoms with Crippen LogP contribution >= 0.6 is 0 Å². The van der Waals surface area contributed by atoms with Crippen molar-refractivity contribution in [3.8, 4) is 0 Å². The average molecular weight is 442 g/mol. The first-order chi connectivity index (χ1) is 16.0. The van der Waals surface area contributed by atoms with Gasteiger partial charge in [0.2, 0.25) is 11.9 Å². The Morgan fingerprint density at radius 3 is 2.61 bits per heavy atom. The molecule has 4 aromatic rings. The number of aromatic nitrogens is 2. The minimum atomic E-state index is -0.739. The molecule has 7 heteroatoms. The monoisotopic (exact) mass is 442 g/mol. The summed E-state index contributed by atoms with van der Waals surface area (Å²) in [5.74, 6) is -0.570. The van der Waals surface area contributed by atoms with Gasteiger partial charge in [-0.2, -0.15) is 0 Å². The lowest BCUT2D eigenvalue weighted by molar-refractivity contribution is -0.124. The lowest BCUT2D eigenvalue weighted by Crippen LogP contribution is -2.33. The molecule has 2 amide bonds. The van der Waals surface area contributed by atoms with Gasteiger partial charge in [-0.3, -0.25) is 19.1 Å². The van der Waals surface area contributed by atoms with Crippen LogP contribution in [0, 0.1) is 12.7 Å². The summed E-state index contributed by atoms with van der Waals surface area (Å²) >= 11 is 0. The van der Waals surface area contributed by atoms with E-state index in [4.69, 9.17) is 0 Å². The molecule has 166 valence electrons. The molecule has 6 nitrogen and oxygen atoms in total. The van der Waals surface area contributed by atoms with E-state index in [2.05, 4.69) is 10.3 Å². The second-order valence-electron chi connectivity index (χ2n) is 8.25. The number of hydrogen-bond donors (Lipinski definition) is 1. The van der Waals surface area contributed by atoms with Gasteiger partial charge in [0.25, 0.3) is 5.91 Å². The van der Waals surface area contributed by atoms with Gasteiger partial charge in [-0.1, -0.05) is 48.5 Å². The summed E-state index contributed by atoms with van der Waals surface area (Å²) in [5.41, 5.74) is 3.54. The molecule has 3 aromatic carbocycles. The van der Waals surface area contributed by atoms with Gasteiger partial charge in [-0.15, -0.1) is 0 Å². The molecule has 0 saturated heterocycles. The fraction of sp³-hybridized carbons (Fsp3) is 0.192. The SMILES string of the molecule is Cc1ccc(NC(=O)C[C@@H]2C(=O)N(CCc3ccccc3)c3nc4ccccc4n32)c(F)c1. The van der Waals surface area contributed by atoms with Gasteiger partial charge >= 0.3 is 0 Å². The number of imidazole rings is 1. The van der Waals surface area contributed by atoms with Crippen LogP contribution in [-0.2, 0) is 16.0 Å². The third-order valence-corrected chi connectivity index (χ3v) is 5.93. The number of carbonyl (C=O) groups is 2. The number of fused-ring (bicyclic) bond motifs is 3. The van der Waals surface area contributed by atoms with E-state index in [0.717, 1.165) is 22.2 Å². The van der Waals surface area contributed by atoms with Crippen molar-refractivity contribution in [3.05, 3.63) is 89.7 Å². The summed E-state index contributed by atoms with van der Waals surface area (Å²) in [4.78, 5) is 32.6. The third kappa shape index (κ3) is 3.98. The van der Waals surface area contributed by atoms with E-state index in [9.17, 15) is 14.0 Å². The number of halogens is 1. The van der Waals surface area contributed by atoms with Crippen LogP contribution in [0.1, 0.15) is 23.6 Å².